The molecule has 4 rings (SSSR count). The third kappa shape index (κ3) is 4.70. The molecule has 31 heavy (non-hydrogen) atoms. The molecule has 2 heterocycles. The van der Waals surface area contributed by atoms with E-state index in [1.807, 2.05) is 72.4 Å². The molecule has 1 amide bonds. The normalized spacial score (nSPS) is 21.6. The minimum atomic E-state index is -0.141. The summed E-state index contributed by atoms with van der Waals surface area (Å²) in [4.78, 5) is 13.1. The van der Waals surface area contributed by atoms with Crippen molar-refractivity contribution in [2.45, 2.75) is 39.2 Å². The predicted molar refractivity (Wildman–Crippen MR) is 124 cm³/mol. The number of rotatable bonds is 6. The number of hydrazine groups is 1. The molecular weight excluding hydrogens is 412 g/mol. The number of carbonyl (C=O) groups is 1. The SMILES string of the molecule is CCOc1ccc([C@H]2[C@H](C)C(C(=O)NN3CCCCC3)=NN2c2ccccc2Cl)cc1. The van der Waals surface area contributed by atoms with Gasteiger partial charge in [0.15, 0.2) is 0 Å². The van der Waals surface area contributed by atoms with Crippen LogP contribution in [0.2, 0.25) is 5.02 Å². The Hall–Kier alpha value is -2.57. The molecule has 2 atom stereocenters. The number of anilines is 1. The van der Waals surface area contributed by atoms with E-state index in [0.717, 1.165) is 42.9 Å². The first-order valence-electron chi connectivity index (χ1n) is 11.0. The molecular formula is C24H29ClN4O2. The van der Waals surface area contributed by atoms with E-state index >= 15 is 0 Å². The van der Waals surface area contributed by atoms with E-state index < -0.39 is 0 Å². The van der Waals surface area contributed by atoms with Crippen LogP contribution in [0, 0.1) is 5.92 Å². The average Bonchev–Trinajstić information content (AvgIpc) is 3.12. The molecule has 1 N–H and O–H groups in total. The van der Waals surface area contributed by atoms with Crippen LogP contribution >= 0.6 is 11.6 Å². The molecule has 0 aliphatic carbocycles. The van der Waals surface area contributed by atoms with E-state index in [0.29, 0.717) is 17.3 Å². The summed E-state index contributed by atoms with van der Waals surface area (Å²) < 4.78 is 5.59. The third-order valence-electron chi connectivity index (χ3n) is 5.86. The number of ether oxygens (including phenoxy) is 1. The van der Waals surface area contributed by atoms with Crippen LogP contribution in [0.25, 0.3) is 0 Å². The maximum absolute atomic E-state index is 13.1. The predicted octanol–water partition coefficient (Wildman–Crippen LogP) is 4.81. The number of halogens is 1. The number of piperidine rings is 1. The summed E-state index contributed by atoms with van der Waals surface area (Å²) in [7, 11) is 0. The van der Waals surface area contributed by atoms with Crippen molar-refractivity contribution in [3.63, 3.8) is 0 Å². The van der Waals surface area contributed by atoms with Gasteiger partial charge in [-0.2, -0.15) is 5.10 Å². The van der Waals surface area contributed by atoms with E-state index in [1.54, 1.807) is 0 Å². The highest BCUT2D eigenvalue weighted by molar-refractivity contribution is 6.40. The van der Waals surface area contributed by atoms with Crippen LogP contribution in [-0.2, 0) is 4.79 Å². The van der Waals surface area contributed by atoms with Gasteiger partial charge >= 0.3 is 0 Å². The quantitative estimate of drug-likeness (QED) is 0.700. The number of carbonyl (C=O) groups excluding carboxylic acids is 1. The molecule has 6 nitrogen and oxygen atoms in total. The van der Waals surface area contributed by atoms with Crippen molar-refractivity contribution in [1.29, 1.82) is 0 Å². The van der Waals surface area contributed by atoms with Crippen LogP contribution in [0.3, 0.4) is 0 Å². The molecule has 2 aliphatic heterocycles. The molecule has 0 saturated carbocycles. The van der Waals surface area contributed by atoms with E-state index in [2.05, 4.69) is 5.43 Å². The molecule has 164 valence electrons. The summed E-state index contributed by atoms with van der Waals surface area (Å²) in [6.07, 6.45) is 3.41. The van der Waals surface area contributed by atoms with Gasteiger partial charge in [-0.25, -0.2) is 5.01 Å². The van der Waals surface area contributed by atoms with Gasteiger partial charge in [-0.1, -0.05) is 49.2 Å². The molecule has 0 aromatic heterocycles. The Kier molecular flexibility index (Phi) is 6.78. The number of benzene rings is 2. The minimum absolute atomic E-state index is 0.112. The van der Waals surface area contributed by atoms with Crippen LogP contribution in [-0.4, -0.2) is 36.3 Å². The lowest BCUT2D eigenvalue weighted by Crippen LogP contribution is -2.48. The minimum Gasteiger partial charge on any atom is -0.494 e. The highest BCUT2D eigenvalue weighted by Gasteiger charge is 2.40. The van der Waals surface area contributed by atoms with E-state index in [9.17, 15) is 4.79 Å². The zero-order valence-corrected chi connectivity index (χ0v) is 18.8. The van der Waals surface area contributed by atoms with Crippen LogP contribution in [0.4, 0.5) is 5.69 Å². The number of hydrogen-bond acceptors (Lipinski definition) is 5. The standard InChI is InChI=1S/C24H29ClN4O2/c1-3-31-19-13-11-18(12-14-19)23-17(2)22(24(30)27-28-15-7-4-8-16-28)26-29(23)21-10-6-5-9-20(21)25/h5-6,9-14,17,23H,3-4,7-8,15-16H2,1-2H3,(H,27,30)/t17-,23-/m1/s1. The lowest BCUT2D eigenvalue weighted by atomic mass is 9.91. The van der Waals surface area contributed by atoms with Gasteiger partial charge in [-0.3, -0.25) is 15.2 Å². The summed E-state index contributed by atoms with van der Waals surface area (Å²) in [6, 6.07) is 15.5. The summed E-state index contributed by atoms with van der Waals surface area (Å²) in [5.74, 6) is 0.573. The molecule has 0 spiro atoms. The largest absolute Gasteiger partial charge is 0.494 e. The molecule has 2 aliphatic rings. The number of nitrogens with one attached hydrogen (secondary N) is 1. The topological polar surface area (TPSA) is 57.2 Å². The van der Waals surface area contributed by atoms with E-state index in [1.165, 1.54) is 6.42 Å². The summed E-state index contributed by atoms with van der Waals surface area (Å²) in [5, 5.41) is 9.27. The Bertz CT molecular complexity index is 941. The Morgan fingerprint density at radius 1 is 1.13 bits per heavy atom. The maximum atomic E-state index is 13.1. The highest BCUT2D eigenvalue weighted by Crippen LogP contribution is 2.42. The van der Waals surface area contributed by atoms with Crippen LogP contribution < -0.4 is 15.2 Å². The second kappa shape index (κ2) is 9.71. The number of hydrazone groups is 1. The van der Waals surface area contributed by atoms with Gasteiger partial charge in [-0.05, 0) is 49.6 Å². The number of hydrogen-bond donors (Lipinski definition) is 1. The lowest BCUT2D eigenvalue weighted by molar-refractivity contribution is -0.120. The van der Waals surface area contributed by atoms with Crippen molar-refractivity contribution < 1.29 is 9.53 Å². The molecule has 0 bridgehead atoms. The molecule has 7 heteroatoms. The second-order valence-corrected chi connectivity index (χ2v) is 8.41. The molecule has 1 saturated heterocycles. The van der Waals surface area contributed by atoms with Crippen LogP contribution in [0.5, 0.6) is 5.75 Å². The smallest absolute Gasteiger partial charge is 0.282 e. The monoisotopic (exact) mass is 440 g/mol. The number of para-hydroxylation sites is 1. The van der Waals surface area contributed by atoms with Crippen molar-refractivity contribution in [1.82, 2.24) is 10.4 Å². The Morgan fingerprint density at radius 2 is 1.84 bits per heavy atom. The highest BCUT2D eigenvalue weighted by atomic mass is 35.5. The zero-order chi connectivity index (χ0) is 21.8. The van der Waals surface area contributed by atoms with Gasteiger partial charge in [0.05, 0.1) is 23.4 Å². The average molecular weight is 441 g/mol. The lowest BCUT2D eigenvalue weighted by Gasteiger charge is -2.28. The molecule has 0 unspecified atom stereocenters. The van der Waals surface area contributed by atoms with Gasteiger partial charge in [0.1, 0.15) is 11.5 Å². The fourth-order valence-corrected chi connectivity index (χ4v) is 4.51. The van der Waals surface area contributed by atoms with Crippen molar-refractivity contribution in [3.05, 3.63) is 59.1 Å². The van der Waals surface area contributed by atoms with Gasteiger partial charge in [-0.15, -0.1) is 0 Å². The Balaban J connectivity index is 1.64. The fourth-order valence-electron chi connectivity index (χ4n) is 4.29. The summed E-state index contributed by atoms with van der Waals surface area (Å²) in [5.41, 5.74) is 5.42. The second-order valence-electron chi connectivity index (χ2n) is 8.01. The third-order valence-corrected chi connectivity index (χ3v) is 6.18. The van der Waals surface area contributed by atoms with Crippen molar-refractivity contribution in [2.24, 2.45) is 11.0 Å². The molecule has 1 fully saturated rings. The molecule has 2 aromatic rings. The summed E-state index contributed by atoms with van der Waals surface area (Å²) >= 11 is 6.51. The first-order valence-corrected chi connectivity index (χ1v) is 11.4. The van der Waals surface area contributed by atoms with Crippen LogP contribution in [0.15, 0.2) is 53.6 Å². The Morgan fingerprint density at radius 3 is 2.52 bits per heavy atom. The first kappa shape index (κ1) is 21.7. The number of nitrogens with zero attached hydrogens (tertiary/aromatic N) is 3. The van der Waals surface area contributed by atoms with E-state index in [4.69, 9.17) is 21.4 Å². The van der Waals surface area contributed by atoms with Crippen molar-refractivity contribution in [2.75, 3.05) is 24.7 Å². The zero-order valence-electron chi connectivity index (χ0n) is 18.1. The van der Waals surface area contributed by atoms with Gasteiger partial charge < -0.3 is 4.74 Å². The van der Waals surface area contributed by atoms with Gasteiger partial charge in [0.2, 0.25) is 0 Å². The maximum Gasteiger partial charge on any atom is 0.282 e. The summed E-state index contributed by atoms with van der Waals surface area (Å²) in [6.45, 7) is 6.39. The molecule has 2 aromatic carbocycles. The van der Waals surface area contributed by atoms with Gasteiger partial charge in [0.25, 0.3) is 5.91 Å². The van der Waals surface area contributed by atoms with Crippen molar-refractivity contribution >= 4 is 28.9 Å². The first-order chi connectivity index (χ1) is 15.1. The molecule has 0 radical (unpaired) electrons. The van der Waals surface area contributed by atoms with E-state index in [-0.39, 0.29) is 17.9 Å². The fraction of sp³-hybridized carbons (Fsp3) is 0.417. The Labute approximate surface area is 188 Å². The number of amides is 1. The van der Waals surface area contributed by atoms with Crippen LogP contribution in [0.1, 0.15) is 44.7 Å². The van der Waals surface area contributed by atoms with Crippen molar-refractivity contribution in [3.8, 4) is 5.75 Å². The van der Waals surface area contributed by atoms with Gasteiger partial charge in [0, 0.05) is 19.0 Å².